The van der Waals surface area contributed by atoms with Crippen LogP contribution in [-0.4, -0.2) is 22.0 Å². The summed E-state index contributed by atoms with van der Waals surface area (Å²) in [5.41, 5.74) is 4.61. The van der Waals surface area contributed by atoms with Gasteiger partial charge >= 0.3 is 0 Å². The van der Waals surface area contributed by atoms with Crippen molar-refractivity contribution in [2.75, 3.05) is 16.8 Å². The number of anilines is 2. The van der Waals surface area contributed by atoms with E-state index in [9.17, 15) is 4.79 Å². The molecule has 0 bridgehead atoms. The van der Waals surface area contributed by atoms with Crippen LogP contribution >= 0.6 is 11.3 Å². The van der Waals surface area contributed by atoms with Gasteiger partial charge in [-0.25, -0.2) is 4.98 Å². The minimum atomic E-state index is 0.00138. The van der Waals surface area contributed by atoms with Gasteiger partial charge in [0.1, 0.15) is 5.82 Å². The van der Waals surface area contributed by atoms with Crippen molar-refractivity contribution in [3.63, 3.8) is 0 Å². The van der Waals surface area contributed by atoms with Gasteiger partial charge in [0.15, 0.2) is 0 Å². The van der Waals surface area contributed by atoms with Crippen LogP contribution in [0.15, 0.2) is 41.9 Å². The van der Waals surface area contributed by atoms with Crippen molar-refractivity contribution < 1.29 is 4.79 Å². The van der Waals surface area contributed by atoms with Crippen molar-refractivity contribution in [1.29, 1.82) is 0 Å². The Labute approximate surface area is 169 Å². The average molecular weight is 393 g/mol. The summed E-state index contributed by atoms with van der Waals surface area (Å²) < 4.78 is 2.23. The number of hydrogen-bond acceptors (Lipinski definition) is 4. The molecule has 0 saturated heterocycles. The summed E-state index contributed by atoms with van der Waals surface area (Å²) in [4.78, 5) is 21.3. The number of rotatable bonds is 3. The fourth-order valence-corrected chi connectivity index (χ4v) is 5.28. The summed E-state index contributed by atoms with van der Waals surface area (Å²) in [7, 11) is 0. The molecule has 3 aromatic rings. The molecule has 1 amide bonds. The number of aryl methyl sites for hydroxylation is 1. The summed E-state index contributed by atoms with van der Waals surface area (Å²) in [6.07, 6.45) is 4.60. The number of benzene rings is 1. The first-order valence-electron chi connectivity index (χ1n) is 9.90. The zero-order valence-electron chi connectivity index (χ0n) is 16.0. The summed E-state index contributed by atoms with van der Waals surface area (Å²) in [5, 5.41) is 5.40. The number of imidazole rings is 1. The maximum absolute atomic E-state index is 13.0. The largest absolute Gasteiger partial charge is 0.365 e. The number of amides is 1. The third-order valence-corrected chi connectivity index (χ3v) is 7.00. The first kappa shape index (κ1) is 17.5. The van der Waals surface area contributed by atoms with Crippen molar-refractivity contribution >= 4 is 28.6 Å². The molecule has 6 heteroatoms. The van der Waals surface area contributed by atoms with Crippen molar-refractivity contribution in [3.8, 4) is 0 Å². The van der Waals surface area contributed by atoms with E-state index in [1.54, 1.807) is 0 Å². The second-order valence-electron chi connectivity index (χ2n) is 7.69. The maximum Gasteiger partial charge on any atom is 0.228 e. The minimum absolute atomic E-state index is 0.00138. The lowest BCUT2D eigenvalue weighted by molar-refractivity contribution is -0.120. The molecule has 0 unspecified atom stereocenters. The maximum atomic E-state index is 13.0. The summed E-state index contributed by atoms with van der Waals surface area (Å²) in [5.74, 6) is 1.16. The van der Waals surface area contributed by atoms with Crippen molar-refractivity contribution in [3.05, 3.63) is 63.9 Å². The Morgan fingerprint density at radius 3 is 3.07 bits per heavy atom. The second kappa shape index (κ2) is 7.09. The van der Waals surface area contributed by atoms with Crippen LogP contribution in [0.3, 0.4) is 0 Å². The number of carbonyl (C=O) groups excluding carboxylic acids is 1. The number of aromatic nitrogens is 2. The van der Waals surface area contributed by atoms with Crippen LogP contribution in [0.2, 0.25) is 0 Å². The van der Waals surface area contributed by atoms with Crippen LogP contribution in [0.25, 0.3) is 0 Å². The van der Waals surface area contributed by atoms with Gasteiger partial charge in [-0.05, 0) is 48.9 Å². The quantitative estimate of drug-likeness (QED) is 0.732. The van der Waals surface area contributed by atoms with Crippen LogP contribution in [-0.2, 0) is 30.7 Å². The van der Waals surface area contributed by atoms with E-state index in [0.717, 1.165) is 56.1 Å². The van der Waals surface area contributed by atoms with Crippen molar-refractivity contribution in [2.24, 2.45) is 5.92 Å². The van der Waals surface area contributed by atoms with E-state index in [0.29, 0.717) is 0 Å². The Hall–Kier alpha value is -2.60. The smallest absolute Gasteiger partial charge is 0.228 e. The molecule has 2 aliphatic heterocycles. The Morgan fingerprint density at radius 1 is 1.25 bits per heavy atom. The van der Waals surface area contributed by atoms with Gasteiger partial charge < -0.3 is 14.8 Å². The molecule has 0 fully saturated rings. The SMILES string of the molecule is Cc1ncc2n1CC[C@@H](C(=O)Nc1ccccc1N1CCc3sccc3C1)C2. The highest BCUT2D eigenvalue weighted by atomic mass is 32.1. The zero-order chi connectivity index (χ0) is 19.1. The molecule has 144 valence electrons. The predicted octanol–water partition coefficient (Wildman–Crippen LogP) is 4.02. The first-order valence-corrected chi connectivity index (χ1v) is 10.8. The monoisotopic (exact) mass is 392 g/mol. The summed E-state index contributed by atoms with van der Waals surface area (Å²) in [6, 6.07) is 10.4. The number of fused-ring (bicyclic) bond motifs is 2. The number of nitrogens with zero attached hydrogens (tertiary/aromatic N) is 3. The van der Waals surface area contributed by atoms with E-state index < -0.39 is 0 Å². The first-order chi connectivity index (χ1) is 13.7. The lowest BCUT2D eigenvalue weighted by Crippen LogP contribution is -2.33. The molecule has 4 heterocycles. The van der Waals surface area contributed by atoms with E-state index in [2.05, 4.69) is 43.3 Å². The standard InChI is InChI=1S/C22H24N4OS/c1-15-23-13-18-12-16(6-10-26(15)18)22(27)24-19-4-2-3-5-20(19)25-9-7-21-17(14-25)8-11-28-21/h2-5,8,11,13,16H,6-7,9-10,12,14H2,1H3,(H,24,27)/t16-/m1/s1. The van der Waals surface area contributed by atoms with Crippen LogP contribution in [0.1, 0.15) is 28.4 Å². The van der Waals surface area contributed by atoms with Gasteiger partial charge in [-0.3, -0.25) is 4.79 Å². The Balaban J connectivity index is 1.33. The number of para-hydroxylation sites is 2. The normalized spacial score (nSPS) is 18.5. The third kappa shape index (κ3) is 3.11. The zero-order valence-corrected chi connectivity index (χ0v) is 16.8. The van der Waals surface area contributed by atoms with Gasteiger partial charge in [0.2, 0.25) is 5.91 Å². The van der Waals surface area contributed by atoms with E-state index in [4.69, 9.17) is 0 Å². The summed E-state index contributed by atoms with van der Waals surface area (Å²) in [6.45, 7) is 4.79. The molecule has 0 saturated carbocycles. The second-order valence-corrected chi connectivity index (χ2v) is 8.69. The molecular formula is C22H24N4OS. The summed E-state index contributed by atoms with van der Waals surface area (Å²) >= 11 is 1.85. The Bertz CT molecular complexity index is 1020. The predicted molar refractivity (Wildman–Crippen MR) is 113 cm³/mol. The molecule has 2 aromatic heterocycles. The molecule has 0 radical (unpaired) electrons. The van der Waals surface area contributed by atoms with E-state index >= 15 is 0 Å². The van der Waals surface area contributed by atoms with E-state index in [1.807, 2.05) is 36.6 Å². The van der Waals surface area contributed by atoms with E-state index in [-0.39, 0.29) is 11.8 Å². The Morgan fingerprint density at radius 2 is 2.14 bits per heavy atom. The number of thiophene rings is 1. The van der Waals surface area contributed by atoms with Crippen LogP contribution < -0.4 is 10.2 Å². The van der Waals surface area contributed by atoms with Crippen LogP contribution in [0.4, 0.5) is 11.4 Å². The molecule has 2 aliphatic rings. The fraction of sp³-hybridized carbons (Fsp3) is 0.364. The van der Waals surface area contributed by atoms with E-state index in [1.165, 1.54) is 16.1 Å². The lowest BCUT2D eigenvalue weighted by Gasteiger charge is -2.31. The number of hydrogen-bond donors (Lipinski definition) is 1. The van der Waals surface area contributed by atoms with Crippen LogP contribution in [0.5, 0.6) is 0 Å². The number of carbonyl (C=O) groups is 1. The van der Waals surface area contributed by atoms with Crippen molar-refractivity contribution in [1.82, 2.24) is 9.55 Å². The molecular weight excluding hydrogens is 368 g/mol. The highest BCUT2D eigenvalue weighted by Crippen LogP contribution is 2.33. The minimum Gasteiger partial charge on any atom is -0.365 e. The third-order valence-electron chi connectivity index (χ3n) is 5.98. The molecule has 1 aromatic carbocycles. The average Bonchev–Trinajstić information content (AvgIpc) is 3.34. The van der Waals surface area contributed by atoms with Crippen LogP contribution in [0, 0.1) is 12.8 Å². The van der Waals surface area contributed by atoms with Gasteiger partial charge in [0.25, 0.3) is 0 Å². The lowest BCUT2D eigenvalue weighted by atomic mass is 9.95. The molecule has 5 rings (SSSR count). The molecule has 1 N–H and O–H groups in total. The van der Waals surface area contributed by atoms with Gasteiger partial charge in [0.05, 0.1) is 11.4 Å². The van der Waals surface area contributed by atoms with Crippen molar-refractivity contribution in [2.45, 2.75) is 39.3 Å². The highest BCUT2D eigenvalue weighted by molar-refractivity contribution is 7.10. The molecule has 0 spiro atoms. The Kier molecular flexibility index (Phi) is 4.43. The number of nitrogens with one attached hydrogen (secondary N) is 1. The van der Waals surface area contributed by atoms with Gasteiger partial charge in [0, 0.05) is 48.7 Å². The molecule has 1 atom stereocenters. The fourth-order valence-electron chi connectivity index (χ4n) is 4.39. The highest BCUT2D eigenvalue weighted by Gasteiger charge is 2.27. The van der Waals surface area contributed by atoms with Gasteiger partial charge in [-0.2, -0.15) is 0 Å². The van der Waals surface area contributed by atoms with Gasteiger partial charge in [-0.15, -0.1) is 11.3 Å². The molecule has 5 nitrogen and oxygen atoms in total. The topological polar surface area (TPSA) is 50.2 Å². The van der Waals surface area contributed by atoms with Gasteiger partial charge in [-0.1, -0.05) is 12.1 Å². The molecule has 28 heavy (non-hydrogen) atoms. The molecule has 0 aliphatic carbocycles.